The Kier molecular flexibility index (Phi) is 6.57. The summed E-state index contributed by atoms with van der Waals surface area (Å²) in [7, 11) is 0. The lowest BCUT2D eigenvalue weighted by Crippen LogP contribution is -2.32. The molecule has 26 heavy (non-hydrogen) atoms. The maximum Gasteiger partial charge on any atom is 0.372 e. The Morgan fingerprint density at radius 2 is 1.88 bits per heavy atom. The second-order valence-electron chi connectivity index (χ2n) is 5.82. The quantitative estimate of drug-likeness (QED) is 0.635. The van der Waals surface area contributed by atoms with Crippen LogP contribution in [-0.4, -0.2) is 22.9 Å². The van der Waals surface area contributed by atoms with Gasteiger partial charge in [-0.2, -0.15) is 0 Å². The number of hydrogen-bond donors (Lipinski definition) is 3. The summed E-state index contributed by atoms with van der Waals surface area (Å²) >= 11 is 3.35. The van der Waals surface area contributed by atoms with Gasteiger partial charge < -0.3 is 20.2 Å². The van der Waals surface area contributed by atoms with Crippen LogP contribution in [0.2, 0.25) is 0 Å². The lowest BCUT2D eigenvalue weighted by molar-refractivity contribution is -0.123. The fourth-order valence-electron chi connectivity index (χ4n) is 2.48. The normalized spacial score (nSPS) is 11.7. The van der Waals surface area contributed by atoms with Gasteiger partial charge in [-0.15, -0.1) is 0 Å². The summed E-state index contributed by atoms with van der Waals surface area (Å²) in [4.78, 5) is 34.7. The van der Waals surface area contributed by atoms with Crippen molar-refractivity contribution in [3.63, 3.8) is 0 Å². The van der Waals surface area contributed by atoms with E-state index in [9.17, 15) is 14.4 Å². The van der Waals surface area contributed by atoms with E-state index < -0.39 is 12.0 Å². The van der Waals surface area contributed by atoms with Gasteiger partial charge in [-0.25, -0.2) is 4.79 Å². The van der Waals surface area contributed by atoms with Crippen molar-refractivity contribution in [3.05, 3.63) is 57.5 Å². The number of carboxylic acid groups (broad SMARTS) is 1. The van der Waals surface area contributed by atoms with E-state index >= 15 is 0 Å². The van der Waals surface area contributed by atoms with Crippen LogP contribution < -0.4 is 10.6 Å². The Morgan fingerprint density at radius 1 is 1.23 bits per heavy atom. The molecule has 1 aromatic heterocycles. The lowest BCUT2D eigenvalue weighted by Gasteiger charge is -2.18. The van der Waals surface area contributed by atoms with Crippen molar-refractivity contribution in [2.75, 3.05) is 0 Å². The maximum atomic E-state index is 12.2. The molecule has 0 bridgehead atoms. The number of rotatable bonds is 7. The van der Waals surface area contributed by atoms with E-state index in [4.69, 9.17) is 9.52 Å². The van der Waals surface area contributed by atoms with Crippen molar-refractivity contribution < 1.29 is 23.9 Å². The van der Waals surface area contributed by atoms with Crippen LogP contribution in [0, 0.1) is 6.92 Å². The zero-order valence-corrected chi connectivity index (χ0v) is 15.9. The van der Waals surface area contributed by atoms with Gasteiger partial charge in [0.2, 0.25) is 17.6 Å². The average molecular weight is 423 g/mol. The van der Waals surface area contributed by atoms with E-state index in [2.05, 4.69) is 26.6 Å². The smallest absolute Gasteiger partial charge is 0.372 e. The largest absolute Gasteiger partial charge is 0.475 e. The Hall–Kier alpha value is -2.61. The summed E-state index contributed by atoms with van der Waals surface area (Å²) in [5.41, 5.74) is 1.30. The number of aryl methyl sites for hydroxylation is 1. The molecule has 2 aromatic rings. The Bertz CT molecular complexity index is 813. The molecule has 1 heterocycles. The van der Waals surface area contributed by atoms with Gasteiger partial charge in [0, 0.05) is 17.0 Å². The molecule has 3 N–H and O–H groups in total. The number of nitrogens with one attached hydrogen (secondary N) is 2. The van der Waals surface area contributed by atoms with Gasteiger partial charge in [0.05, 0.1) is 19.0 Å². The zero-order chi connectivity index (χ0) is 19.3. The number of halogens is 1. The summed E-state index contributed by atoms with van der Waals surface area (Å²) in [6.07, 6.45) is 0.0483. The highest BCUT2D eigenvalue weighted by Gasteiger charge is 2.18. The molecular weight excluding hydrogens is 404 g/mol. The van der Waals surface area contributed by atoms with Gasteiger partial charge >= 0.3 is 5.97 Å². The van der Waals surface area contributed by atoms with Crippen molar-refractivity contribution in [2.24, 2.45) is 0 Å². The molecule has 0 saturated carbocycles. The van der Waals surface area contributed by atoms with Crippen LogP contribution in [0.25, 0.3) is 0 Å². The number of benzene rings is 1. The molecular formula is C18H19BrN2O5. The van der Waals surface area contributed by atoms with Crippen LogP contribution in [0.3, 0.4) is 0 Å². The number of hydrogen-bond acceptors (Lipinski definition) is 4. The summed E-state index contributed by atoms with van der Waals surface area (Å²) < 4.78 is 6.10. The molecule has 1 aromatic carbocycles. The predicted molar refractivity (Wildman–Crippen MR) is 97.6 cm³/mol. The minimum atomic E-state index is -1.15. The molecule has 138 valence electrons. The van der Waals surface area contributed by atoms with E-state index in [0.717, 1.165) is 10.0 Å². The molecule has 2 amide bonds. The standard InChI is InChI=1S/C18H19BrN2O5/c1-10-7-14(26-17(10)18(24)25)9-20-16(23)8-15(21-11(2)22)12-3-5-13(19)6-4-12/h3-7,15H,8-9H2,1-2H3,(H,20,23)(H,21,22)(H,24,25). The number of aromatic carboxylic acids is 1. The topological polar surface area (TPSA) is 109 Å². The Morgan fingerprint density at radius 3 is 2.42 bits per heavy atom. The number of carbonyl (C=O) groups is 3. The van der Waals surface area contributed by atoms with E-state index in [1.165, 1.54) is 6.92 Å². The van der Waals surface area contributed by atoms with Crippen molar-refractivity contribution in [1.82, 2.24) is 10.6 Å². The van der Waals surface area contributed by atoms with Gasteiger partial charge in [0.15, 0.2) is 0 Å². The zero-order valence-electron chi connectivity index (χ0n) is 14.3. The average Bonchev–Trinajstić information content (AvgIpc) is 2.94. The van der Waals surface area contributed by atoms with E-state index in [1.807, 2.05) is 24.3 Å². The third kappa shape index (κ3) is 5.45. The highest BCUT2D eigenvalue weighted by molar-refractivity contribution is 9.10. The van der Waals surface area contributed by atoms with Crippen molar-refractivity contribution >= 4 is 33.7 Å². The minimum absolute atomic E-state index is 0.0483. The monoisotopic (exact) mass is 422 g/mol. The molecule has 7 nitrogen and oxygen atoms in total. The first-order valence-electron chi connectivity index (χ1n) is 7.88. The molecule has 0 fully saturated rings. The predicted octanol–water partition coefficient (Wildman–Crippen LogP) is 2.93. The van der Waals surface area contributed by atoms with Crippen molar-refractivity contribution in [1.29, 1.82) is 0 Å². The molecule has 1 unspecified atom stereocenters. The molecule has 0 saturated heterocycles. The summed E-state index contributed by atoms with van der Waals surface area (Å²) in [6, 6.07) is 8.43. The molecule has 1 atom stereocenters. The van der Waals surface area contributed by atoms with Crippen LogP contribution in [0.5, 0.6) is 0 Å². The lowest BCUT2D eigenvalue weighted by atomic mass is 10.0. The number of furan rings is 1. The Labute approximate surface area is 158 Å². The highest BCUT2D eigenvalue weighted by Crippen LogP contribution is 2.20. The third-order valence-electron chi connectivity index (χ3n) is 3.66. The highest BCUT2D eigenvalue weighted by atomic mass is 79.9. The first kappa shape index (κ1) is 19.7. The van der Waals surface area contributed by atoms with Crippen molar-refractivity contribution in [3.8, 4) is 0 Å². The van der Waals surface area contributed by atoms with Crippen LogP contribution in [0.1, 0.15) is 46.8 Å². The van der Waals surface area contributed by atoms with Gasteiger partial charge in [0.25, 0.3) is 0 Å². The third-order valence-corrected chi connectivity index (χ3v) is 4.19. The maximum absolute atomic E-state index is 12.2. The fraction of sp³-hybridized carbons (Fsp3) is 0.278. The molecule has 0 aliphatic heterocycles. The second kappa shape index (κ2) is 8.66. The van der Waals surface area contributed by atoms with E-state index in [1.54, 1.807) is 13.0 Å². The SMILES string of the molecule is CC(=O)NC(CC(=O)NCc1cc(C)c(C(=O)O)o1)c1ccc(Br)cc1. The molecule has 0 aliphatic carbocycles. The van der Waals surface area contributed by atoms with E-state index in [-0.39, 0.29) is 30.5 Å². The van der Waals surface area contributed by atoms with Crippen LogP contribution in [-0.2, 0) is 16.1 Å². The van der Waals surface area contributed by atoms with Gasteiger partial charge in [-0.3, -0.25) is 9.59 Å². The summed E-state index contributed by atoms with van der Waals surface area (Å²) in [6.45, 7) is 3.08. The number of carboxylic acids is 1. The minimum Gasteiger partial charge on any atom is -0.475 e. The van der Waals surface area contributed by atoms with Crippen LogP contribution in [0.4, 0.5) is 0 Å². The van der Waals surface area contributed by atoms with Gasteiger partial charge in [-0.1, -0.05) is 28.1 Å². The van der Waals surface area contributed by atoms with Gasteiger partial charge in [-0.05, 0) is 30.7 Å². The van der Waals surface area contributed by atoms with Crippen molar-refractivity contribution in [2.45, 2.75) is 32.9 Å². The number of amides is 2. The van der Waals surface area contributed by atoms with Crippen LogP contribution >= 0.6 is 15.9 Å². The fourth-order valence-corrected chi connectivity index (χ4v) is 2.75. The van der Waals surface area contributed by atoms with E-state index in [0.29, 0.717) is 11.3 Å². The molecule has 2 rings (SSSR count). The molecule has 0 spiro atoms. The van der Waals surface area contributed by atoms with Crippen LogP contribution in [0.15, 0.2) is 39.2 Å². The summed E-state index contributed by atoms with van der Waals surface area (Å²) in [5, 5.41) is 14.4. The molecule has 0 aliphatic rings. The first-order chi connectivity index (χ1) is 12.3. The first-order valence-corrected chi connectivity index (χ1v) is 8.67. The van der Waals surface area contributed by atoms with Gasteiger partial charge in [0.1, 0.15) is 5.76 Å². The number of carbonyl (C=O) groups excluding carboxylic acids is 2. The summed E-state index contributed by atoms with van der Waals surface area (Å²) in [5.74, 6) is -1.47. The molecule has 0 radical (unpaired) electrons. The Balaban J connectivity index is 2.00. The second-order valence-corrected chi connectivity index (χ2v) is 6.73. The molecule has 8 heteroatoms.